The molecule has 18 heavy (non-hydrogen) atoms. The van der Waals surface area contributed by atoms with Gasteiger partial charge >= 0.3 is 0 Å². The highest BCUT2D eigenvalue weighted by Crippen LogP contribution is 2.28. The van der Waals surface area contributed by atoms with E-state index in [1.165, 1.54) is 18.2 Å². The Morgan fingerprint density at radius 1 is 1.11 bits per heavy atom. The fourth-order valence-corrected chi connectivity index (χ4v) is 2.05. The first kappa shape index (κ1) is 13.3. The molecule has 0 unspecified atom stereocenters. The first-order valence-electron chi connectivity index (χ1n) is 5.08. The molecular formula is C13H8BrClF2O. The summed E-state index contributed by atoms with van der Waals surface area (Å²) in [6, 6.07) is 8.76. The number of rotatable bonds is 3. The molecule has 1 nitrogen and oxygen atoms in total. The summed E-state index contributed by atoms with van der Waals surface area (Å²) in [6.45, 7) is 0.111. The Kier molecular flexibility index (Phi) is 4.19. The lowest BCUT2D eigenvalue weighted by atomic mass is 10.2. The molecular weight excluding hydrogens is 325 g/mol. The average Bonchev–Trinajstić information content (AvgIpc) is 2.33. The Labute approximate surface area is 116 Å². The largest absolute Gasteiger partial charge is 0.484 e. The summed E-state index contributed by atoms with van der Waals surface area (Å²) in [7, 11) is 0. The predicted molar refractivity (Wildman–Crippen MR) is 69.8 cm³/mol. The molecule has 2 aromatic carbocycles. The fraction of sp³-hybridized carbons (Fsp3) is 0.0769. The van der Waals surface area contributed by atoms with Crippen LogP contribution in [0.25, 0.3) is 0 Å². The summed E-state index contributed by atoms with van der Waals surface area (Å²) in [6.07, 6.45) is 0. The Morgan fingerprint density at radius 3 is 2.56 bits per heavy atom. The van der Waals surface area contributed by atoms with E-state index in [9.17, 15) is 8.78 Å². The van der Waals surface area contributed by atoms with Crippen LogP contribution in [0.2, 0.25) is 5.02 Å². The molecule has 0 radical (unpaired) electrons. The van der Waals surface area contributed by atoms with Crippen molar-refractivity contribution in [1.29, 1.82) is 0 Å². The van der Waals surface area contributed by atoms with Gasteiger partial charge in [-0.3, -0.25) is 0 Å². The van der Waals surface area contributed by atoms with Crippen molar-refractivity contribution in [3.63, 3.8) is 0 Å². The van der Waals surface area contributed by atoms with Gasteiger partial charge in [-0.15, -0.1) is 0 Å². The lowest BCUT2D eigenvalue weighted by molar-refractivity contribution is 0.290. The third kappa shape index (κ3) is 3.00. The molecule has 0 saturated heterocycles. The van der Waals surface area contributed by atoms with Gasteiger partial charge in [0.1, 0.15) is 12.4 Å². The van der Waals surface area contributed by atoms with Crippen LogP contribution in [0.1, 0.15) is 5.56 Å². The lowest BCUT2D eigenvalue weighted by Gasteiger charge is -2.09. The average molecular weight is 334 g/mol. The number of hydrogen-bond acceptors (Lipinski definition) is 1. The van der Waals surface area contributed by atoms with Crippen molar-refractivity contribution in [1.82, 2.24) is 0 Å². The van der Waals surface area contributed by atoms with Crippen molar-refractivity contribution in [3.8, 4) is 5.75 Å². The van der Waals surface area contributed by atoms with Crippen LogP contribution in [0.3, 0.4) is 0 Å². The zero-order valence-corrected chi connectivity index (χ0v) is 11.4. The second kappa shape index (κ2) is 5.67. The van der Waals surface area contributed by atoms with Crippen LogP contribution in [0.15, 0.2) is 40.9 Å². The standard InChI is InChI=1S/C13H8BrClF2O/c14-9-6-8(4-5-11(9)16)7-18-13-10(15)2-1-3-12(13)17/h1-6H,7H2. The van der Waals surface area contributed by atoms with Crippen molar-refractivity contribution in [2.24, 2.45) is 0 Å². The van der Waals surface area contributed by atoms with E-state index >= 15 is 0 Å². The third-order valence-electron chi connectivity index (χ3n) is 2.29. The first-order valence-corrected chi connectivity index (χ1v) is 6.26. The van der Waals surface area contributed by atoms with Crippen LogP contribution in [0.5, 0.6) is 5.75 Å². The molecule has 2 aromatic rings. The van der Waals surface area contributed by atoms with Crippen molar-refractivity contribution < 1.29 is 13.5 Å². The SMILES string of the molecule is Fc1ccc(COc2c(F)cccc2Cl)cc1Br. The van der Waals surface area contributed by atoms with Gasteiger partial charge in [0.2, 0.25) is 0 Å². The summed E-state index contributed by atoms with van der Waals surface area (Å²) < 4.78 is 32.1. The van der Waals surface area contributed by atoms with Crippen molar-refractivity contribution in [2.75, 3.05) is 0 Å². The predicted octanol–water partition coefficient (Wildman–Crippen LogP) is 4.96. The minimum Gasteiger partial charge on any atom is -0.484 e. The molecule has 0 saturated carbocycles. The second-order valence-corrected chi connectivity index (χ2v) is 4.85. The highest BCUT2D eigenvalue weighted by atomic mass is 79.9. The smallest absolute Gasteiger partial charge is 0.174 e. The zero-order chi connectivity index (χ0) is 13.1. The summed E-state index contributed by atoms with van der Waals surface area (Å²) in [5.41, 5.74) is 0.711. The van der Waals surface area contributed by atoms with Gasteiger partial charge in [-0.05, 0) is 45.8 Å². The summed E-state index contributed by atoms with van der Waals surface area (Å²) in [5, 5.41) is 0.205. The molecule has 0 bridgehead atoms. The summed E-state index contributed by atoms with van der Waals surface area (Å²) >= 11 is 8.89. The van der Waals surface area contributed by atoms with Gasteiger partial charge in [0.25, 0.3) is 0 Å². The Bertz CT molecular complexity index is 555. The van der Waals surface area contributed by atoms with Gasteiger partial charge in [0.15, 0.2) is 11.6 Å². The summed E-state index contributed by atoms with van der Waals surface area (Å²) in [5.74, 6) is -0.883. The normalized spacial score (nSPS) is 10.4. The highest BCUT2D eigenvalue weighted by Gasteiger charge is 2.08. The van der Waals surface area contributed by atoms with E-state index in [-0.39, 0.29) is 23.2 Å². The van der Waals surface area contributed by atoms with Crippen molar-refractivity contribution in [3.05, 3.63) is 63.1 Å². The van der Waals surface area contributed by atoms with E-state index in [2.05, 4.69) is 15.9 Å². The van der Waals surface area contributed by atoms with Gasteiger partial charge in [-0.1, -0.05) is 23.7 Å². The molecule has 0 N–H and O–H groups in total. The molecule has 0 aliphatic heterocycles. The minimum atomic E-state index is -0.524. The van der Waals surface area contributed by atoms with Gasteiger partial charge < -0.3 is 4.74 Å². The van der Waals surface area contributed by atoms with E-state index in [0.717, 1.165) is 0 Å². The van der Waals surface area contributed by atoms with Crippen LogP contribution >= 0.6 is 27.5 Å². The quantitative estimate of drug-likeness (QED) is 0.771. The van der Waals surface area contributed by atoms with Crippen LogP contribution in [0, 0.1) is 11.6 Å². The second-order valence-electron chi connectivity index (χ2n) is 3.59. The number of halogens is 4. The Hall–Kier alpha value is -1.13. The van der Waals surface area contributed by atoms with E-state index in [1.54, 1.807) is 18.2 Å². The van der Waals surface area contributed by atoms with Crippen LogP contribution in [-0.4, -0.2) is 0 Å². The first-order chi connectivity index (χ1) is 8.58. The molecule has 5 heteroatoms. The van der Waals surface area contributed by atoms with Gasteiger partial charge in [0.05, 0.1) is 9.50 Å². The molecule has 0 amide bonds. The number of hydrogen-bond donors (Lipinski definition) is 0. The highest BCUT2D eigenvalue weighted by molar-refractivity contribution is 9.10. The molecule has 0 fully saturated rings. The molecule has 0 aliphatic carbocycles. The van der Waals surface area contributed by atoms with Gasteiger partial charge in [-0.25, -0.2) is 8.78 Å². The molecule has 0 aliphatic rings. The zero-order valence-electron chi connectivity index (χ0n) is 9.09. The Morgan fingerprint density at radius 2 is 1.89 bits per heavy atom. The number of para-hydroxylation sites is 1. The van der Waals surface area contributed by atoms with E-state index in [0.29, 0.717) is 10.0 Å². The van der Waals surface area contributed by atoms with Crippen molar-refractivity contribution in [2.45, 2.75) is 6.61 Å². The minimum absolute atomic E-state index is 0.000357. The summed E-state index contributed by atoms with van der Waals surface area (Å²) in [4.78, 5) is 0. The molecule has 0 spiro atoms. The van der Waals surface area contributed by atoms with Crippen molar-refractivity contribution >= 4 is 27.5 Å². The molecule has 2 rings (SSSR count). The van der Waals surface area contributed by atoms with Crippen LogP contribution < -0.4 is 4.74 Å². The van der Waals surface area contributed by atoms with Crippen LogP contribution in [-0.2, 0) is 6.61 Å². The van der Waals surface area contributed by atoms with E-state index in [4.69, 9.17) is 16.3 Å². The maximum atomic E-state index is 13.4. The lowest BCUT2D eigenvalue weighted by Crippen LogP contribution is -1.98. The molecule has 0 atom stereocenters. The Balaban J connectivity index is 2.14. The third-order valence-corrected chi connectivity index (χ3v) is 3.19. The molecule has 94 valence electrons. The topological polar surface area (TPSA) is 9.23 Å². The monoisotopic (exact) mass is 332 g/mol. The van der Waals surface area contributed by atoms with Gasteiger partial charge in [0, 0.05) is 0 Å². The van der Waals surface area contributed by atoms with E-state index < -0.39 is 5.82 Å². The van der Waals surface area contributed by atoms with Gasteiger partial charge in [-0.2, -0.15) is 0 Å². The maximum absolute atomic E-state index is 13.4. The number of ether oxygens (including phenoxy) is 1. The maximum Gasteiger partial charge on any atom is 0.174 e. The molecule has 0 aromatic heterocycles. The number of benzene rings is 2. The fourth-order valence-electron chi connectivity index (χ4n) is 1.41. The molecule has 0 heterocycles. The van der Waals surface area contributed by atoms with E-state index in [1.807, 2.05) is 0 Å². The van der Waals surface area contributed by atoms with Crippen LogP contribution in [0.4, 0.5) is 8.78 Å².